The summed E-state index contributed by atoms with van der Waals surface area (Å²) < 4.78 is 17.3. The second-order valence-corrected chi connectivity index (χ2v) is 6.57. The van der Waals surface area contributed by atoms with Gasteiger partial charge in [-0.1, -0.05) is 13.8 Å². The molecule has 0 aromatic heterocycles. The first-order valence-electron chi connectivity index (χ1n) is 7.44. The number of carbonyl (C=O) groups excluding carboxylic acids is 1. The Balaban J connectivity index is 1.73. The standard InChI is InChI=1S/C15H24O4/c1-9-7-15-8-12(10(9)2)18-13(15)5-4-11(19-15)6-14(16)17-3/h9-13H,4-8H2,1-3H3/t9-,10-,11-,12-,13+,15+/m1/s1. The molecule has 2 saturated heterocycles. The van der Waals surface area contributed by atoms with Crippen LogP contribution in [0.2, 0.25) is 0 Å². The van der Waals surface area contributed by atoms with Crippen molar-refractivity contribution in [3.63, 3.8) is 0 Å². The van der Waals surface area contributed by atoms with Gasteiger partial charge < -0.3 is 14.2 Å². The van der Waals surface area contributed by atoms with Gasteiger partial charge in [-0.15, -0.1) is 0 Å². The number of rotatable bonds is 2. The van der Waals surface area contributed by atoms with E-state index in [9.17, 15) is 4.79 Å². The van der Waals surface area contributed by atoms with Gasteiger partial charge in [0.25, 0.3) is 0 Å². The molecule has 0 amide bonds. The molecule has 19 heavy (non-hydrogen) atoms. The lowest BCUT2D eigenvalue weighted by Gasteiger charge is -2.45. The molecule has 3 fully saturated rings. The highest BCUT2D eigenvalue weighted by molar-refractivity contribution is 5.69. The van der Waals surface area contributed by atoms with Gasteiger partial charge in [0.1, 0.15) is 0 Å². The molecule has 2 aliphatic heterocycles. The van der Waals surface area contributed by atoms with Crippen molar-refractivity contribution < 1.29 is 19.0 Å². The zero-order chi connectivity index (χ0) is 13.6. The second kappa shape index (κ2) is 4.74. The van der Waals surface area contributed by atoms with E-state index in [0.717, 1.165) is 25.7 Å². The van der Waals surface area contributed by atoms with Crippen molar-refractivity contribution in [3.8, 4) is 0 Å². The Morgan fingerprint density at radius 3 is 2.84 bits per heavy atom. The van der Waals surface area contributed by atoms with Gasteiger partial charge in [0.2, 0.25) is 0 Å². The highest BCUT2D eigenvalue weighted by Crippen LogP contribution is 2.52. The zero-order valence-corrected chi connectivity index (χ0v) is 12.1. The Labute approximate surface area is 114 Å². The number of hydrogen-bond acceptors (Lipinski definition) is 4. The molecular weight excluding hydrogens is 244 g/mol. The van der Waals surface area contributed by atoms with Crippen molar-refractivity contribution in [1.82, 2.24) is 0 Å². The van der Waals surface area contributed by atoms with Crippen LogP contribution < -0.4 is 0 Å². The van der Waals surface area contributed by atoms with Gasteiger partial charge in [0, 0.05) is 6.42 Å². The van der Waals surface area contributed by atoms with Crippen LogP contribution in [0.25, 0.3) is 0 Å². The highest BCUT2D eigenvalue weighted by Gasteiger charge is 2.58. The van der Waals surface area contributed by atoms with E-state index in [2.05, 4.69) is 13.8 Å². The van der Waals surface area contributed by atoms with Crippen molar-refractivity contribution in [1.29, 1.82) is 0 Å². The molecule has 0 N–H and O–H groups in total. The predicted molar refractivity (Wildman–Crippen MR) is 69.7 cm³/mol. The van der Waals surface area contributed by atoms with Crippen LogP contribution in [0.5, 0.6) is 0 Å². The van der Waals surface area contributed by atoms with E-state index in [1.54, 1.807) is 0 Å². The number of hydrogen-bond donors (Lipinski definition) is 0. The van der Waals surface area contributed by atoms with Crippen molar-refractivity contribution in [2.24, 2.45) is 11.8 Å². The summed E-state index contributed by atoms with van der Waals surface area (Å²) in [4.78, 5) is 11.4. The molecule has 0 radical (unpaired) electrons. The van der Waals surface area contributed by atoms with Gasteiger partial charge in [-0.2, -0.15) is 0 Å². The fourth-order valence-corrected chi connectivity index (χ4v) is 4.12. The van der Waals surface area contributed by atoms with Gasteiger partial charge in [0.05, 0.1) is 37.4 Å². The number of esters is 1. The van der Waals surface area contributed by atoms with E-state index in [1.807, 2.05) is 0 Å². The molecule has 3 aliphatic rings. The number of fused-ring (bicyclic) bond motifs is 1. The van der Waals surface area contributed by atoms with Crippen LogP contribution in [-0.4, -0.2) is 37.0 Å². The Kier molecular flexibility index (Phi) is 3.34. The molecule has 3 rings (SSSR count). The molecule has 2 bridgehead atoms. The molecule has 6 atom stereocenters. The summed E-state index contributed by atoms with van der Waals surface area (Å²) in [5.74, 6) is 1.06. The van der Waals surface area contributed by atoms with E-state index in [1.165, 1.54) is 7.11 Å². The van der Waals surface area contributed by atoms with Gasteiger partial charge in [-0.3, -0.25) is 4.79 Å². The predicted octanol–water partition coefficient (Wildman–Crippen LogP) is 2.30. The van der Waals surface area contributed by atoms with E-state index < -0.39 is 0 Å². The first-order valence-corrected chi connectivity index (χ1v) is 7.44. The summed E-state index contributed by atoms with van der Waals surface area (Å²) in [5, 5.41) is 0. The van der Waals surface area contributed by atoms with Crippen molar-refractivity contribution in [2.45, 2.75) is 69.9 Å². The summed E-state index contributed by atoms with van der Waals surface area (Å²) in [6, 6.07) is 0. The average Bonchev–Trinajstić information content (AvgIpc) is 2.70. The van der Waals surface area contributed by atoms with Crippen LogP contribution in [0.1, 0.15) is 46.0 Å². The Morgan fingerprint density at radius 1 is 1.32 bits per heavy atom. The van der Waals surface area contributed by atoms with E-state index in [-0.39, 0.29) is 23.8 Å². The lowest BCUT2D eigenvalue weighted by molar-refractivity contribution is -0.178. The van der Waals surface area contributed by atoms with Crippen LogP contribution in [0.15, 0.2) is 0 Å². The smallest absolute Gasteiger partial charge is 0.308 e. The minimum Gasteiger partial charge on any atom is -0.469 e. The van der Waals surface area contributed by atoms with E-state index in [4.69, 9.17) is 14.2 Å². The molecule has 4 heteroatoms. The Bertz CT molecular complexity index is 369. The van der Waals surface area contributed by atoms with Crippen molar-refractivity contribution >= 4 is 5.97 Å². The first kappa shape index (κ1) is 13.4. The first-order chi connectivity index (χ1) is 9.04. The van der Waals surface area contributed by atoms with Gasteiger partial charge in [-0.25, -0.2) is 0 Å². The quantitative estimate of drug-likeness (QED) is 0.721. The lowest BCUT2D eigenvalue weighted by Crippen LogP contribution is -2.51. The zero-order valence-electron chi connectivity index (χ0n) is 12.1. The third-order valence-corrected chi connectivity index (χ3v) is 5.40. The summed E-state index contributed by atoms with van der Waals surface area (Å²) in [6.07, 6.45) is 4.93. The van der Waals surface area contributed by atoms with Crippen LogP contribution in [0, 0.1) is 11.8 Å². The monoisotopic (exact) mass is 268 g/mol. The summed E-state index contributed by atoms with van der Waals surface area (Å²) >= 11 is 0. The highest BCUT2D eigenvalue weighted by atomic mass is 16.6. The van der Waals surface area contributed by atoms with Crippen LogP contribution in [-0.2, 0) is 19.0 Å². The minimum atomic E-state index is -0.174. The largest absolute Gasteiger partial charge is 0.469 e. The van der Waals surface area contributed by atoms with E-state index >= 15 is 0 Å². The number of methoxy groups -OCH3 is 1. The maximum absolute atomic E-state index is 11.4. The summed E-state index contributed by atoms with van der Waals surface area (Å²) in [5.41, 5.74) is -0.131. The van der Waals surface area contributed by atoms with Crippen LogP contribution in [0.3, 0.4) is 0 Å². The average molecular weight is 268 g/mol. The fourth-order valence-electron chi connectivity index (χ4n) is 4.12. The second-order valence-electron chi connectivity index (χ2n) is 6.57. The number of ether oxygens (including phenoxy) is 3. The molecular formula is C15H24O4. The lowest BCUT2D eigenvalue weighted by atomic mass is 9.70. The molecule has 1 spiro atoms. The fraction of sp³-hybridized carbons (Fsp3) is 0.933. The molecule has 0 aromatic rings. The molecule has 108 valence electrons. The molecule has 0 unspecified atom stereocenters. The minimum absolute atomic E-state index is 0.00616. The molecule has 1 aliphatic carbocycles. The maximum Gasteiger partial charge on any atom is 0.308 e. The summed E-state index contributed by atoms with van der Waals surface area (Å²) in [7, 11) is 1.44. The molecule has 0 aromatic carbocycles. The van der Waals surface area contributed by atoms with Crippen molar-refractivity contribution in [2.75, 3.05) is 7.11 Å². The Hall–Kier alpha value is -0.610. The third kappa shape index (κ3) is 2.19. The third-order valence-electron chi connectivity index (χ3n) is 5.40. The Morgan fingerprint density at radius 2 is 2.11 bits per heavy atom. The van der Waals surface area contributed by atoms with E-state index in [0.29, 0.717) is 24.4 Å². The van der Waals surface area contributed by atoms with Gasteiger partial charge in [-0.05, 0) is 31.1 Å². The summed E-state index contributed by atoms with van der Waals surface area (Å²) in [6.45, 7) is 4.57. The van der Waals surface area contributed by atoms with Crippen molar-refractivity contribution in [3.05, 3.63) is 0 Å². The van der Waals surface area contributed by atoms with Gasteiger partial charge in [0.15, 0.2) is 0 Å². The van der Waals surface area contributed by atoms with Gasteiger partial charge >= 0.3 is 5.97 Å². The maximum atomic E-state index is 11.4. The normalized spacial score (nSPS) is 48.7. The molecule has 1 saturated carbocycles. The SMILES string of the molecule is COC(=O)C[C@H]1CC[C@@H]2O[C@@H]3C[C@]2(C[C@@H](C)[C@H]3C)O1. The number of carbonyl (C=O) groups is 1. The van der Waals surface area contributed by atoms with Crippen LogP contribution in [0.4, 0.5) is 0 Å². The van der Waals surface area contributed by atoms with Crippen LogP contribution >= 0.6 is 0 Å². The molecule has 2 heterocycles. The molecule has 4 nitrogen and oxygen atoms in total. The topological polar surface area (TPSA) is 44.8 Å².